The molecule has 1 heterocycles. The second-order valence-corrected chi connectivity index (χ2v) is 6.16. The van der Waals surface area contributed by atoms with Crippen molar-refractivity contribution in [1.82, 2.24) is 5.32 Å². The number of ether oxygens (including phenoxy) is 2. The van der Waals surface area contributed by atoms with Crippen LogP contribution in [-0.4, -0.2) is 32.3 Å². The highest BCUT2D eigenvalue weighted by Gasteiger charge is 2.33. The normalized spacial score (nSPS) is 16.6. The number of halogens is 1. The number of carbonyl (C=O) groups excluding carboxylic acids is 1. The summed E-state index contributed by atoms with van der Waals surface area (Å²) in [6, 6.07) is 5.76. The molecule has 0 saturated carbocycles. The molecule has 104 valence electrons. The Kier molecular flexibility index (Phi) is 4.47. The maximum absolute atomic E-state index is 11.7. The van der Waals surface area contributed by atoms with Gasteiger partial charge in [0.2, 0.25) is 0 Å². The molecule has 1 aromatic carbocycles. The molecule has 2 rings (SSSR count). The first-order chi connectivity index (χ1) is 8.98. The molecule has 1 amide bonds. The van der Waals surface area contributed by atoms with Gasteiger partial charge in [0.05, 0.1) is 17.7 Å². The highest BCUT2D eigenvalue weighted by Crippen LogP contribution is 2.26. The zero-order valence-corrected chi connectivity index (χ0v) is 12.7. The maximum Gasteiger partial charge on any atom is 0.257 e. The van der Waals surface area contributed by atoms with Crippen LogP contribution in [-0.2, 0) is 9.53 Å². The van der Waals surface area contributed by atoms with Crippen LogP contribution in [0.5, 0.6) is 5.75 Å². The summed E-state index contributed by atoms with van der Waals surface area (Å²) in [6.07, 6.45) is 0. The summed E-state index contributed by atoms with van der Waals surface area (Å²) in [6.45, 7) is 6.16. The summed E-state index contributed by atoms with van der Waals surface area (Å²) in [5.74, 6) is 0.569. The van der Waals surface area contributed by atoms with Gasteiger partial charge in [-0.05, 0) is 40.5 Å². The molecule has 0 unspecified atom stereocenters. The maximum atomic E-state index is 11.7. The van der Waals surface area contributed by atoms with E-state index in [-0.39, 0.29) is 17.9 Å². The van der Waals surface area contributed by atoms with Crippen molar-refractivity contribution in [1.29, 1.82) is 0 Å². The SMILES string of the molecule is Cc1ccc(OCC(=O)NCC2(C)COC2)c(Br)c1. The lowest BCUT2D eigenvalue weighted by Crippen LogP contribution is -2.49. The van der Waals surface area contributed by atoms with E-state index in [2.05, 4.69) is 28.2 Å². The van der Waals surface area contributed by atoms with Gasteiger partial charge in [0.25, 0.3) is 5.91 Å². The van der Waals surface area contributed by atoms with E-state index in [0.29, 0.717) is 25.5 Å². The molecule has 1 saturated heterocycles. The quantitative estimate of drug-likeness (QED) is 0.902. The molecule has 1 aliphatic rings. The number of carbonyl (C=O) groups is 1. The predicted molar refractivity (Wildman–Crippen MR) is 76.3 cm³/mol. The van der Waals surface area contributed by atoms with E-state index >= 15 is 0 Å². The van der Waals surface area contributed by atoms with Crippen LogP contribution in [0.3, 0.4) is 0 Å². The summed E-state index contributed by atoms with van der Waals surface area (Å²) in [5, 5.41) is 2.87. The van der Waals surface area contributed by atoms with E-state index in [4.69, 9.17) is 9.47 Å². The third kappa shape index (κ3) is 3.94. The van der Waals surface area contributed by atoms with Crippen LogP contribution in [0, 0.1) is 12.3 Å². The summed E-state index contributed by atoms with van der Waals surface area (Å²) >= 11 is 3.42. The second-order valence-electron chi connectivity index (χ2n) is 5.30. The van der Waals surface area contributed by atoms with E-state index in [1.54, 1.807) is 0 Å². The van der Waals surface area contributed by atoms with E-state index < -0.39 is 0 Å². The first kappa shape index (κ1) is 14.3. The van der Waals surface area contributed by atoms with Crippen molar-refractivity contribution in [3.63, 3.8) is 0 Å². The number of aryl methyl sites for hydroxylation is 1. The minimum absolute atomic E-state index is 0.0264. The molecule has 19 heavy (non-hydrogen) atoms. The van der Waals surface area contributed by atoms with Crippen LogP contribution in [0.15, 0.2) is 22.7 Å². The molecule has 0 atom stereocenters. The lowest BCUT2D eigenvalue weighted by molar-refractivity contribution is -0.128. The van der Waals surface area contributed by atoms with Gasteiger partial charge in [-0.25, -0.2) is 0 Å². The largest absolute Gasteiger partial charge is 0.483 e. The van der Waals surface area contributed by atoms with Gasteiger partial charge in [-0.15, -0.1) is 0 Å². The highest BCUT2D eigenvalue weighted by atomic mass is 79.9. The van der Waals surface area contributed by atoms with Crippen molar-refractivity contribution in [3.8, 4) is 5.75 Å². The topological polar surface area (TPSA) is 47.6 Å². The van der Waals surface area contributed by atoms with Gasteiger partial charge < -0.3 is 14.8 Å². The molecule has 0 aromatic heterocycles. The Balaban J connectivity index is 1.76. The van der Waals surface area contributed by atoms with Crippen LogP contribution in [0.1, 0.15) is 12.5 Å². The third-order valence-corrected chi connectivity index (χ3v) is 3.68. The van der Waals surface area contributed by atoms with Gasteiger partial charge in [-0.1, -0.05) is 13.0 Å². The average Bonchev–Trinajstić information content (AvgIpc) is 2.33. The molecule has 1 fully saturated rings. The minimum atomic E-state index is -0.111. The molecular formula is C14H18BrNO3. The first-order valence-corrected chi connectivity index (χ1v) is 7.01. The lowest BCUT2D eigenvalue weighted by atomic mass is 9.89. The molecule has 4 nitrogen and oxygen atoms in total. The molecule has 0 spiro atoms. The summed E-state index contributed by atoms with van der Waals surface area (Å²) < 4.78 is 11.5. The fourth-order valence-corrected chi connectivity index (χ4v) is 2.39. The molecule has 1 N–H and O–H groups in total. The van der Waals surface area contributed by atoms with Crippen LogP contribution >= 0.6 is 15.9 Å². The van der Waals surface area contributed by atoms with Crippen molar-refractivity contribution in [2.75, 3.05) is 26.4 Å². The predicted octanol–water partition coefficient (Wildman–Crippen LogP) is 2.29. The fourth-order valence-electron chi connectivity index (χ4n) is 1.78. The summed E-state index contributed by atoms with van der Waals surface area (Å²) in [5.41, 5.74) is 1.22. The van der Waals surface area contributed by atoms with Crippen molar-refractivity contribution in [2.24, 2.45) is 5.41 Å². The van der Waals surface area contributed by atoms with Crippen LogP contribution < -0.4 is 10.1 Å². The van der Waals surface area contributed by atoms with Gasteiger partial charge in [0.15, 0.2) is 6.61 Å². The number of hydrogen-bond donors (Lipinski definition) is 1. The second kappa shape index (κ2) is 5.92. The summed E-state index contributed by atoms with van der Waals surface area (Å²) in [7, 11) is 0. The monoisotopic (exact) mass is 327 g/mol. The number of rotatable bonds is 5. The van der Waals surface area contributed by atoms with Crippen molar-refractivity contribution >= 4 is 21.8 Å². The average molecular weight is 328 g/mol. The fraction of sp³-hybridized carbons (Fsp3) is 0.500. The molecule has 0 bridgehead atoms. The molecule has 5 heteroatoms. The van der Waals surface area contributed by atoms with Crippen molar-refractivity contribution in [3.05, 3.63) is 28.2 Å². The Morgan fingerprint density at radius 2 is 2.26 bits per heavy atom. The Bertz CT molecular complexity index is 472. The van der Waals surface area contributed by atoms with Crippen LogP contribution in [0.25, 0.3) is 0 Å². The number of amides is 1. The molecule has 0 aliphatic carbocycles. The van der Waals surface area contributed by atoms with Gasteiger partial charge in [0, 0.05) is 12.0 Å². The first-order valence-electron chi connectivity index (χ1n) is 6.22. The molecule has 0 radical (unpaired) electrons. The molecule has 1 aromatic rings. The van der Waals surface area contributed by atoms with Crippen molar-refractivity contribution < 1.29 is 14.3 Å². The standard InChI is InChI=1S/C14H18BrNO3/c1-10-3-4-12(11(15)5-10)19-6-13(17)16-7-14(2)8-18-9-14/h3-5H,6-9H2,1-2H3,(H,16,17). The summed E-state index contributed by atoms with van der Waals surface area (Å²) in [4.78, 5) is 11.7. The van der Waals surface area contributed by atoms with E-state index in [9.17, 15) is 4.79 Å². The number of hydrogen-bond acceptors (Lipinski definition) is 3. The Morgan fingerprint density at radius 3 is 2.84 bits per heavy atom. The number of nitrogens with one attached hydrogen (secondary N) is 1. The van der Waals surface area contributed by atoms with Gasteiger partial charge in [-0.3, -0.25) is 4.79 Å². The van der Waals surface area contributed by atoms with Crippen molar-refractivity contribution in [2.45, 2.75) is 13.8 Å². The minimum Gasteiger partial charge on any atom is -0.483 e. The van der Waals surface area contributed by atoms with Gasteiger partial charge in [-0.2, -0.15) is 0 Å². The third-order valence-electron chi connectivity index (χ3n) is 3.06. The Labute approximate surface area is 121 Å². The zero-order chi connectivity index (χ0) is 13.9. The molecule has 1 aliphatic heterocycles. The highest BCUT2D eigenvalue weighted by molar-refractivity contribution is 9.10. The van der Waals surface area contributed by atoms with Crippen LogP contribution in [0.4, 0.5) is 0 Å². The van der Waals surface area contributed by atoms with Gasteiger partial charge >= 0.3 is 0 Å². The van der Waals surface area contributed by atoms with E-state index in [1.165, 1.54) is 0 Å². The van der Waals surface area contributed by atoms with Gasteiger partial charge in [0.1, 0.15) is 5.75 Å². The lowest BCUT2D eigenvalue weighted by Gasteiger charge is -2.37. The Hall–Kier alpha value is -1.07. The van der Waals surface area contributed by atoms with E-state index in [0.717, 1.165) is 10.0 Å². The zero-order valence-electron chi connectivity index (χ0n) is 11.2. The molecular weight excluding hydrogens is 310 g/mol. The smallest absolute Gasteiger partial charge is 0.257 e. The Morgan fingerprint density at radius 1 is 1.53 bits per heavy atom. The van der Waals surface area contributed by atoms with Crippen LogP contribution in [0.2, 0.25) is 0 Å². The number of benzene rings is 1. The van der Waals surface area contributed by atoms with E-state index in [1.807, 2.05) is 25.1 Å².